The van der Waals surface area contributed by atoms with Crippen molar-refractivity contribution in [2.24, 2.45) is 0 Å². The Kier molecular flexibility index (Phi) is 4.44. The molecule has 1 N–H and O–H groups in total. The summed E-state index contributed by atoms with van der Waals surface area (Å²) in [5, 5.41) is 7.68. The minimum absolute atomic E-state index is 0.0341. The summed E-state index contributed by atoms with van der Waals surface area (Å²) >= 11 is 0. The molecule has 0 fully saturated rings. The standard InChI is InChI=1S/C11H14N2O3/c1-16-11(15)3-2-10(14)8-13-6-4-9(12)5-7-13/h4-7,12H,2-3,8H2,1H3. The third-order valence-electron chi connectivity index (χ3n) is 2.09. The van der Waals surface area contributed by atoms with Crippen LogP contribution in [0.15, 0.2) is 24.5 Å². The van der Waals surface area contributed by atoms with E-state index in [0.717, 1.165) is 0 Å². The molecule has 0 aliphatic carbocycles. The van der Waals surface area contributed by atoms with Crippen molar-refractivity contribution in [2.45, 2.75) is 19.4 Å². The van der Waals surface area contributed by atoms with Crippen LogP contribution in [0.3, 0.4) is 0 Å². The maximum absolute atomic E-state index is 11.4. The molecule has 1 aromatic rings. The number of carbonyl (C=O) groups is 2. The summed E-state index contributed by atoms with van der Waals surface area (Å²) in [5.74, 6) is -0.409. The summed E-state index contributed by atoms with van der Waals surface area (Å²) < 4.78 is 6.12. The monoisotopic (exact) mass is 222 g/mol. The van der Waals surface area contributed by atoms with Gasteiger partial charge in [-0.2, -0.15) is 0 Å². The lowest BCUT2D eigenvalue weighted by molar-refractivity contribution is -0.142. The SMILES string of the molecule is COC(=O)CCC(=O)Cn1ccc(=N)cc1. The van der Waals surface area contributed by atoms with Crippen LogP contribution in [-0.2, 0) is 20.9 Å². The number of aromatic nitrogens is 1. The highest BCUT2D eigenvalue weighted by atomic mass is 16.5. The van der Waals surface area contributed by atoms with Crippen molar-refractivity contribution in [1.29, 1.82) is 5.41 Å². The van der Waals surface area contributed by atoms with E-state index in [9.17, 15) is 9.59 Å². The number of esters is 1. The molecule has 0 saturated heterocycles. The normalized spacial score (nSPS) is 9.81. The van der Waals surface area contributed by atoms with Crippen LogP contribution in [0, 0.1) is 5.41 Å². The van der Waals surface area contributed by atoms with E-state index in [1.807, 2.05) is 0 Å². The Bertz CT molecular complexity index is 417. The van der Waals surface area contributed by atoms with E-state index in [2.05, 4.69) is 4.74 Å². The first-order chi connectivity index (χ1) is 7.61. The molecule has 0 aliphatic heterocycles. The van der Waals surface area contributed by atoms with Crippen molar-refractivity contribution in [3.63, 3.8) is 0 Å². The van der Waals surface area contributed by atoms with Gasteiger partial charge in [0.15, 0.2) is 5.78 Å². The maximum Gasteiger partial charge on any atom is 0.305 e. The first-order valence-electron chi connectivity index (χ1n) is 4.91. The highest BCUT2D eigenvalue weighted by Gasteiger charge is 2.06. The van der Waals surface area contributed by atoms with Gasteiger partial charge in [-0.25, -0.2) is 0 Å². The summed E-state index contributed by atoms with van der Waals surface area (Å²) in [4.78, 5) is 22.2. The third kappa shape index (κ3) is 4.08. The van der Waals surface area contributed by atoms with E-state index in [-0.39, 0.29) is 31.1 Å². The van der Waals surface area contributed by atoms with Gasteiger partial charge in [0.05, 0.1) is 25.4 Å². The molecule has 0 unspecified atom stereocenters. The van der Waals surface area contributed by atoms with Crippen LogP contribution < -0.4 is 5.36 Å². The molecule has 0 aliphatic rings. The summed E-state index contributed by atoms with van der Waals surface area (Å²) in [6, 6.07) is 3.21. The van der Waals surface area contributed by atoms with Gasteiger partial charge in [0.1, 0.15) is 0 Å². The number of hydrogen-bond donors (Lipinski definition) is 1. The molecule has 1 aromatic heterocycles. The fraction of sp³-hybridized carbons (Fsp3) is 0.364. The maximum atomic E-state index is 11.4. The van der Waals surface area contributed by atoms with E-state index in [1.165, 1.54) is 7.11 Å². The second-order valence-electron chi connectivity index (χ2n) is 3.37. The summed E-state index contributed by atoms with van der Waals surface area (Å²) in [7, 11) is 1.30. The highest BCUT2D eigenvalue weighted by molar-refractivity contribution is 5.82. The number of Topliss-reactive ketones (excluding diaryl/α,β-unsaturated/α-hetero) is 1. The van der Waals surface area contributed by atoms with Gasteiger partial charge >= 0.3 is 5.97 Å². The molecule has 0 aromatic carbocycles. The zero-order valence-corrected chi connectivity index (χ0v) is 9.10. The van der Waals surface area contributed by atoms with Gasteiger partial charge in [0.2, 0.25) is 0 Å². The number of nitrogens with zero attached hydrogens (tertiary/aromatic N) is 1. The van der Waals surface area contributed by atoms with Crippen LogP contribution in [0.4, 0.5) is 0 Å². The van der Waals surface area contributed by atoms with Crippen molar-refractivity contribution in [3.8, 4) is 0 Å². The molecule has 1 rings (SSSR count). The molecular weight excluding hydrogens is 208 g/mol. The van der Waals surface area contributed by atoms with Gasteiger partial charge < -0.3 is 14.7 Å². The predicted octanol–water partition coefficient (Wildman–Crippen LogP) is 0.490. The number of pyridine rings is 1. The third-order valence-corrected chi connectivity index (χ3v) is 2.09. The van der Waals surface area contributed by atoms with Crippen LogP contribution in [-0.4, -0.2) is 23.4 Å². The van der Waals surface area contributed by atoms with Gasteiger partial charge in [-0.1, -0.05) is 0 Å². The Morgan fingerprint density at radius 2 is 1.94 bits per heavy atom. The average Bonchev–Trinajstić information content (AvgIpc) is 2.29. The zero-order chi connectivity index (χ0) is 12.0. The Hall–Kier alpha value is -1.91. The molecule has 0 radical (unpaired) electrons. The summed E-state index contributed by atoms with van der Waals surface area (Å²) in [6.45, 7) is 0.220. The highest BCUT2D eigenvalue weighted by Crippen LogP contribution is 1.96. The summed E-state index contributed by atoms with van der Waals surface area (Å²) in [6.07, 6.45) is 3.63. The molecule has 0 spiro atoms. The molecule has 1 heterocycles. The predicted molar refractivity (Wildman–Crippen MR) is 56.5 cm³/mol. The molecular formula is C11H14N2O3. The lowest BCUT2D eigenvalue weighted by Crippen LogP contribution is -2.13. The van der Waals surface area contributed by atoms with Crippen LogP contribution in [0.5, 0.6) is 0 Å². The van der Waals surface area contributed by atoms with Crippen LogP contribution >= 0.6 is 0 Å². The number of rotatable bonds is 5. The number of methoxy groups -OCH3 is 1. The molecule has 0 saturated carbocycles. The van der Waals surface area contributed by atoms with Crippen LogP contribution in [0.25, 0.3) is 0 Å². The molecule has 86 valence electrons. The van der Waals surface area contributed by atoms with Crippen molar-refractivity contribution >= 4 is 11.8 Å². The molecule has 0 amide bonds. The topological polar surface area (TPSA) is 72.2 Å². The molecule has 16 heavy (non-hydrogen) atoms. The van der Waals surface area contributed by atoms with E-state index in [1.54, 1.807) is 29.1 Å². The first-order valence-corrected chi connectivity index (χ1v) is 4.91. The average molecular weight is 222 g/mol. The van der Waals surface area contributed by atoms with Crippen LogP contribution in [0.1, 0.15) is 12.8 Å². The molecule has 5 heteroatoms. The quantitative estimate of drug-likeness (QED) is 0.737. The van der Waals surface area contributed by atoms with Crippen molar-refractivity contribution in [2.75, 3.05) is 7.11 Å². The Labute approximate surface area is 93.2 Å². The second-order valence-corrected chi connectivity index (χ2v) is 3.37. The Morgan fingerprint density at radius 3 is 2.50 bits per heavy atom. The summed E-state index contributed by atoms with van der Waals surface area (Å²) in [5.41, 5.74) is 0. The smallest absolute Gasteiger partial charge is 0.305 e. The van der Waals surface area contributed by atoms with Crippen LogP contribution in [0.2, 0.25) is 0 Å². The van der Waals surface area contributed by atoms with Gasteiger partial charge in [-0.3, -0.25) is 9.59 Å². The molecule has 0 atom stereocenters. The van der Waals surface area contributed by atoms with Gasteiger partial charge in [0.25, 0.3) is 0 Å². The number of carbonyl (C=O) groups excluding carboxylic acids is 2. The lowest BCUT2D eigenvalue weighted by Gasteiger charge is -2.04. The minimum Gasteiger partial charge on any atom is -0.469 e. The van der Waals surface area contributed by atoms with Crippen molar-refractivity contribution in [1.82, 2.24) is 4.57 Å². The van der Waals surface area contributed by atoms with E-state index in [4.69, 9.17) is 5.41 Å². The zero-order valence-electron chi connectivity index (χ0n) is 9.10. The number of ketones is 1. The molecule has 5 nitrogen and oxygen atoms in total. The first kappa shape index (κ1) is 12.2. The number of ether oxygens (including phenoxy) is 1. The van der Waals surface area contributed by atoms with Gasteiger partial charge in [-0.15, -0.1) is 0 Å². The van der Waals surface area contributed by atoms with Gasteiger partial charge in [0, 0.05) is 18.8 Å². The number of nitrogens with one attached hydrogen (secondary N) is 1. The Morgan fingerprint density at radius 1 is 1.31 bits per heavy atom. The Balaban J connectivity index is 2.42. The van der Waals surface area contributed by atoms with E-state index in [0.29, 0.717) is 5.36 Å². The molecule has 0 bridgehead atoms. The second kappa shape index (κ2) is 5.85. The fourth-order valence-electron chi connectivity index (χ4n) is 1.19. The minimum atomic E-state index is -0.375. The van der Waals surface area contributed by atoms with E-state index >= 15 is 0 Å². The fourth-order valence-corrected chi connectivity index (χ4v) is 1.19. The van der Waals surface area contributed by atoms with Gasteiger partial charge in [-0.05, 0) is 12.1 Å². The van der Waals surface area contributed by atoms with Crippen molar-refractivity contribution < 1.29 is 14.3 Å². The largest absolute Gasteiger partial charge is 0.469 e. The lowest BCUT2D eigenvalue weighted by atomic mass is 10.2. The number of hydrogen-bond acceptors (Lipinski definition) is 4. The van der Waals surface area contributed by atoms with E-state index < -0.39 is 0 Å². The van der Waals surface area contributed by atoms with Crippen molar-refractivity contribution in [3.05, 3.63) is 29.9 Å².